The molecule has 5 heteroatoms. The quantitative estimate of drug-likeness (QED) is 0.857. The average molecular weight is 233 g/mol. The standard InChI is InChI=1S/C12H15N3O2/c16-9-4-5-12-11(7-9)13-14-15(12)8-10-3-1-2-6-17-10/h4-5,7,10,16H,1-3,6,8H2. The number of benzene rings is 1. The summed E-state index contributed by atoms with van der Waals surface area (Å²) in [4.78, 5) is 0. The molecule has 0 amide bonds. The van der Waals surface area contributed by atoms with E-state index in [-0.39, 0.29) is 11.9 Å². The summed E-state index contributed by atoms with van der Waals surface area (Å²) in [7, 11) is 0. The highest BCUT2D eigenvalue weighted by Crippen LogP contribution is 2.20. The van der Waals surface area contributed by atoms with Crippen LogP contribution in [0.2, 0.25) is 0 Å². The minimum Gasteiger partial charge on any atom is -0.508 e. The highest BCUT2D eigenvalue weighted by molar-refractivity contribution is 5.75. The Bertz CT molecular complexity index is 517. The molecule has 1 aromatic carbocycles. The molecule has 2 heterocycles. The molecule has 0 radical (unpaired) electrons. The fourth-order valence-corrected chi connectivity index (χ4v) is 2.24. The first-order valence-corrected chi connectivity index (χ1v) is 5.97. The van der Waals surface area contributed by atoms with Gasteiger partial charge in [0.05, 0.1) is 18.2 Å². The van der Waals surface area contributed by atoms with Crippen molar-refractivity contribution in [3.8, 4) is 5.75 Å². The minimum atomic E-state index is 0.221. The lowest BCUT2D eigenvalue weighted by molar-refractivity contribution is 0.00443. The van der Waals surface area contributed by atoms with Gasteiger partial charge in [0.15, 0.2) is 0 Å². The van der Waals surface area contributed by atoms with Crippen molar-refractivity contribution >= 4 is 11.0 Å². The predicted molar refractivity (Wildman–Crippen MR) is 62.8 cm³/mol. The Hall–Kier alpha value is -1.62. The number of rotatable bonds is 2. The van der Waals surface area contributed by atoms with Gasteiger partial charge < -0.3 is 9.84 Å². The molecule has 90 valence electrons. The van der Waals surface area contributed by atoms with Gasteiger partial charge in [-0.15, -0.1) is 5.10 Å². The van der Waals surface area contributed by atoms with Crippen LogP contribution in [0.4, 0.5) is 0 Å². The lowest BCUT2D eigenvalue weighted by atomic mass is 10.1. The maximum atomic E-state index is 9.36. The Labute approximate surface area is 99.0 Å². The number of phenolic OH excluding ortho intramolecular Hbond substituents is 1. The van der Waals surface area contributed by atoms with Crippen molar-refractivity contribution in [3.63, 3.8) is 0 Å². The lowest BCUT2D eigenvalue weighted by Crippen LogP contribution is -2.24. The van der Waals surface area contributed by atoms with E-state index < -0.39 is 0 Å². The molecule has 1 aliphatic heterocycles. The van der Waals surface area contributed by atoms with E-state index in [4.69, 9.17) is 4.74 Å². The topological polar surface area (TPSA) is 60.2 Å². The molecule has 1 atom stereocenters. The van der Waals surface area contributed by atoms with Crippen molar-refractivity contribution in [2.45, 2.75) is 31.9 Å². The molecule has 0 aliphatic carbocycles. The van der Waals surface area contributed by atoms with Crippen LogP contribution in [-0.4, -0.2) is 32.8 Å². The minimum absolute atomic E-state index is 0.221. The van der Waals surface area contributed by atoms with Crippen molar-refractivity contribution in [1.29, 1.82) is 0 Å². The summed E-state index contributed by atoms with van der Waals surface area (Å²) in [6, 6.07) is 5.12. The number of hydrogen-bond donors (Lipinski definition) is 1. The zero-order chi connectivity index (χ0) is 11.7. The Morgan fingerprint density at radius 1 is 1.41 bits per heavy atom. The van der Waals surface area contributed by atoms with E-state index in [1.807, 2.05) is 10.7 Å². The van der Waals surface area contributed by atoms with E-state index in [1.54, 1.807) is 12.1 Å². The first kappa shape index (κ1) is 10.5. The third-order valence-corrected chi connectivity index (χ3v) is 3.15. The normalized spacial score (nSPS) is 20.8. The first-order valence-electron chi connectivity index (χ1n) is 5.97. The van der Waals surface area contributed by atoms with Crippen molar-refractivity contribution in [3.05, 3.63) is 18.2 Å². The van der Waals surface area contributed by atoms with Crippen LogP contribution in [0.1, 0.15) is 19.3 Å². The van der Waals surface area contributed by atoms with Crippen LogP contribution < -0.4 is 0 Å². The van der Waals surface area contributed by atoms with Gasteiger partial charge in [-0.25, -0.2) is 4.68 Å². The van der Waals surface area contributed by atoms with Gasteiger partial charge >= 0.3 is 0 Å². The molecular weight excluding hydrogens is 218 g/mol. The number of hydrogen-bond acceptors (Lipinski definition) is 4. The van der Waals surface area contributed by atoms with Gasteiger partial charge in [0.2, 0.25) is 0 Å². The fourth-order valence-electron chi connectivity index (χ4n) is 2.24. The third-order valence-electron chi connectivity index (χ3n) is 3.15. The zero-order valence-electron chi connectivity index (χ0n) is 9.54. The highest BCUT2D eigenvalue weighted by atomic mass is 16.5. The molecule has 0 spiro atoms. The van der Waals surface area contributed by atoms with Crippen LogP contribution >= 0.6 is 0 Å². The number of ether oxygens (including phenoxy) is 1. The van der Waals surface area contributed by atoms with E-state index in [1.165, 1.54) is 6.42 Å². The number of phenols is 1. The summed E-state index contributed by atoms with van der Waals surface area (Å²) in [6.07, 6.45) is 3.70. The van der Waals surface area contributed by atoms with E-state index >= 15 is 0 Å². The molecule has 1 fully saturated rings. The smallest absolute Gasteiger partial charge is 0.117 e. The van der Waals surface area contributed by atoms with Crippen molar-refractivity contribution < 1.29 is 9.84 Å². The number of aromatic hydroxyl groups is 1. The van der Waals surface area contributed by atoms with Crippen LogP contribution in [0.15, 0.2) is 18.2 Å². The lowest BCUT2D eigenvalue weighted by Gasteiger charge is -2.22. The van der Waals surface area contributed by atoms with Gasteiger partial charge in [0, 0.05) is 12.7 Å². The van der Waals surface area contributed by atoms with E-state index in [2.05, 4.69) is 10.3 Å². The van der Waals surface area contributed by atoms with Crippen LogP contribution in [-0.2, 0) is 11.3 Å². The summed E-state index contributed by atoms with van der Waals surface area (Å²) >= 11 is 0. The van der Waals surface area contributed by atoms with Crippen LogP contribution in [0.5, 0.6) is 5.75 Å². The maximum Gasteiger partial charge on any atom is 0.117 e. The molecule has 1 aliphatic rings. The van der Waals surface area contributed by atoms with Gasteiger partial charge in [0.25, 0.3) is 0 Å². The maximum absolute atomic E-state index is 9.36. The average Bonchev–Trinajstić information content (AvgIpc) is 2.73. The Kier molecular flexibility index (Phi) is 2.68. The molecule has 0 bridgehead atoms. The second kappa shape index (κ2) is 4.33. The largest absolute Gasteiger partial charge is 0.508 e. The third kappa shape index (κ3) is 2.10. The van der Waals surface area contributed by atoms with E-state index in [9.17, 15) is 5.11 Å². The molecule has 1 aromatic heterocycles. The van der Waals surface area contributed by atoms with Gasteiger partial charge in [-0.05, 0) is 31.4 Å². The summed E-state index contributed by atoms with van der Waals surface area (Å²) in [6.45, 7) is 1.58. The van der Waals surface area contributed by atoms with E-state index in [0.29, 0.717) is 0 Å². The van der Waals surface area contributed by atoms with Crippen LogP contribution in [0, 0.1) is 0 Å². The van der Waals surface area contributed by atoms with Gasteiger partial charge in [-0.2, -0.15) is 0 Å². The second-order valence-electron chi connectivity index (χ2n) is 4.43. The number of nitrogens with zero attached hydrogens (tertiary/aromatic N) is 3. The van der Waals surface area contributed by atoms with Gasteiger partial charge in [-0.3, -0.25) is 0 Å². The molecule has 17 heavy (non-hydrogen) atoms. The summed E-state index contributed by atoms with van der Waals surface area (Å²) < 4.78 is 7.54. The SMILES string of the molecule is Oc1ccc2c(c1)nnn2CC1CCCCO1. The molecule has 3 rings (SSSR count). The van der Waals surface area contributed by atoms with Crippen molar-refractivity contribution in [2.24, 2.45) is 0 Å². The summed E-state index contributed by atoms with van der Waals surface area (Å²) in [5, 5.41) is 17.5. The fraction of sp³-hybridized carbons (Fsp3) is 0.500. The number of aromatic nitrogens is 3. The van der Waals surface area contributed by atoms with Crippen LogP contribution in [0.3, 0.4) is 0 Å². The Morgan fingerprint density at radius 2 is 2.35 bits per heavy atom. The monoisotopic (exact) mass is 233 g/mol. The predicted octanol–water partition coefficient (Wildman–Crippen LogP) is 1.71. The Morgan fingerprint density at radius 3 is 3.18 bits per heavy atom. The van der Waals surface area contributed by atoms with Crippen LogP contribution in [0.25, 0.3) is 11.0 Å². The summed E-state index contributed by atoms with van der Waals surface area (Å²) in [5.74, 6) is 0.221. The molecule has 2 aromatic rings. The van der Waals surface area contributed by atoms with Gasteiger partial charge in [-0.1, -0.05) is 5.21 Å². The van der Waals surface area contributed by atoms with E-state index in [0.717, 1.165) is 37.0 Å². The molecule has 0 saturated carbocycles. The highest BCUT2D eigenvalue weighted by Gasteiger charge is 2.16. The molecule has 1 N–H and O–H groups in total. The van der Waals surface area contributed by atoms with Crippen molar-refractivity contribution in [2.75, 3.05) is 6.61 Å². The first-order chi connectivity index (χ1) is 8.33. The molecule has 1 saturated heterocycles. The zero-order valence-corrected chi connectivity index (χ0v) is 9.54. The summed E-state index contributed by atoms with van der Waals surface area (Å²) in [5.41, 5.74) is 1.66. The van der Waals surface area contributed by atoms with Crippen molar-refractivity contribution in [1.82, 2.24) is 15.0 Å². The van der Waals surface area contributed by atoms with Gasteiger partial charge in [0.1, 0.15) is 11.3 Å². The molecule has 1 unspecified atom stereocenters. The Balaban J connectivity index is 1.84. The molecule has 5 nitrogen and oxygen atoms in total. The number of fused-ring (bicyclic) bond motifs is 1. The molecular formula is C12H15N3O2. The second-order valence-corrected chi connectivity index (χ2v) is 4.43.